The molecule has 0 radical (unpaired) electrons. The molecule has 7 heteroatoms. The van der Waals surface area contributed by atoms with E-state index in [0.717, 1.165) is 12.8 Å². The largest absolute Gasteiger partial charge is 0.335 e. The molecule has 1 aromatic rings. The third kappa shape index (κ3) is 4.41. The monoisotopic (exact) mass is 376 g/mol. The van der Waals surface area contributed by atoms with Gasteiger partial charge in [0.1, 0.15) is 5.56 Å². The number of nitro benzene ring substituents is 1. The number of rotatable bonds is 7. The van der Waals surface area contributed by atoms with Gasteiger partial charge in [-0.3, -0.25) is 14.9 Å². The van der Waals surface area contributed by atoms with E-state index in [1.165, 1.54) is 18.2 Å². The van der Waals surface area contributed by atoms with E-state index >= 15 is 0 Å². The fourth-order valence-corrected chi connectivity index (χ4v) is 2.82. The first kappa shape index (κ1) is 17.9. The highest BCUT2D eigenvalue weighted by Gasteiger charge is 2.28. The van der Waals surface area contributed by atoms with Crippen molar-refractivity contribution in [2.75, 3.05) is 11.9 Å². The second kappa shape index (κ2) is 8.34. The average molecular weight is 378 g/mol. The van der Waals surface area contributed by atoms with Gasteiger partial charge in [-0.05, 0) is 25.0 Å². The SMILES string of the molecule is CCC(CC)N(CCBr)C(=O)c1cc(Cl)ccc1[N+](=O)[O-]. The normalized spacial score (nSPS) is 10.7. The molecule has 0 atom stereocenters. The van der Waals surface area contributed by atoms with Crippen molar-refractivity contribution in [3.63, 3.8) is 0 Å². The van der Waals surface area contributed by atoms with Gasteiger partial charge in [-0.1, -0.05) is 41.4 Å². The van der Waals surface area contributed by atoms with E-state index in [1.807, 2.05) is 13.8 Å². The highest BCUT2D eigenvalue weighted by Crippen LogP contribution is 2.25. The van der Waals surface area contributed by atoms with E-state index in [9.17, 15) is 14.9 Å². The topological polar surface area (TPSA) is 63.5 Å². The number of benzene rings is 1. The van der Waals surface area contributed by atoms with Crippen LogP contribution in [0.4, 0.5) is 5.69 Å². The van der Waals surface area contributed by atoms with E-state index in [-0.39, 0.29) is 23.2 Å². The average Bonchev–Trinajstić information content (AvgIpc) is 2.46. The summed E-state index contributed by atoms with van der Waals surface area (Å²) in [4.78, 5) is 24.9. The van der Waals surface area contributed by atoms with Gasteiger partial charge < -0.3 is 4.90 Å². The highest BCUT2D eigenvalue weighted by atomic mass is 79.9. The number of nitro groups is 1. The maximum Gasteiger partial charge on any atom is 0.282 e. The standard InChI is InChI=1S/C14H18BrClN2O3/c1-3-11(4-2)17(8-7-15)14(19)12-9-10(16)5-6-13(12)18(20)21/h5-6,9,11H,3-4,7-8H2,1-2H3. The molecule has 0 N–H and O–H groups in total. The lowest BCUT2D eigenvalue weighted by atomic mass is 10.1. The molecule has 0 fully saturated rings. The van der Waals surface area contributed by atoms with Crippen molar-refractivity contribution >= 4 is 39.1 Å². The minimum Gasteiger partial charge on any atom is -0.335 e. The first-order chi connectivity index (χ1) is 9.96. The maximum atomic E-state index is 12.7. The summed E-state index contributed by atoms with van der Waals surface area (Å²) in [6, 6.07) is 4.11. The van der Waals surface area contributed by atoms with Gasteiger partial charge in [-0.15, -0.1) is 0 Å². The molecule has 116 valence electrons. The number of alkyl halides is 1. The molecule has 0 spiro atoms. The number of carbonyl (C=O) groups is 1. The van der Waals surface area contributed by atoms with Crippen LogP contribution >= 0.6 is 27.5 Å². The molecule has 1 aromatic carbocycles. The van der Waals surface area contributed by atoms with Crippen LogP contribution in [0, 0.1) is 10.1 Å². The molecule has 1 rings (SSSR count). The quantitative estimate of drug-likeness (QED) is 0.405. The summed E-state index contributed by atoms with van der Waals surface area (Å²) in [6.07, 6.45) is 1.59. The van der Waals surface area contributed by atoms with Crippen LogP contribution in [0.5, 0.6) is 0 Å². The maximum absolute atomic E-state index is 12.7. The van der Waals surface area contributed by atoms with E-state index < -0.39 is 4.92 Å². The molecular weight excluding hydrogens is 360 g/mol. The van der Waals surface area contributed by atoms with E-state index in [4.69, 9.17) is 11.6 Å². The fraction of sp³-hybridized carbons (Fsp3) is 0.500. The van der Waals surface area contributed by atoms with Gasteiger partial charge in [0, 0.05) is 29.0 Å². The second-order valence-corrected chi connectivity index (χ2v) is 5.81. The highest BCUT2D eigenvalue weighted by molar-refractivity contribution is 9.09. The molecule has 0 heterocycles. The zero-order valence-corrected chi connectivity index (χ0v) is 14.4. The van der Waals surface area contributed by atoms with Crippen LogP contribution in [0.25, 0.3) is 0 Å². The third-order valence-electron chi connectivity index (χ3n) is 3.36. The third-order valence-corrected chi connectivity index (χ3v) is 3.94. The Kier molecular flexibility index (Phi) is 7.11. The van der Waals surface area contributed by atoms with E-state index in [0.29, 0.717) is 16.9 Å². The Labute approximate surface area is 137 Å². The van der Waals surface area contributed by atoms with E-state index in [2.05, 4.69) is 15.9 Å². The van der Waals surface area contributed by atoms with Crippen LogP contribution in [0.2, 0.25) is 5.02 Å². The lowest BCUT2D eigenvalue weighted by Crippen LogP contribution is -2.41. The van der Waals surface area contributed by atoms with Crippen molar-refractivity contribution in [2.24, 2.45) is 0 Å². The molecule has 0 aromatic heterocycles. The van der Waals surface area contributed by atoms with Crippen molar-refractivity contribution < 1.29 is 9.72 Å². The van der Waals surface area contributed by atoms with Crippen LogP contribution in [0.1, 0.15) is 37.0 Å². The molecule has 0 saturated carbocycles. The first-order valence-corrected chi connectivity index (χ1v) is 8.27. The summed E-state index contributed by atoms with van der Waals surface area (Å²) in [5.74, 6) is -0.350. The Morgan fingerprint density at radius 1 is 1.43 bits per heavy atom. The molecule has 0 aliphatic carbocycles. The fourth-order valence-electron chi connectivity index (χ4n) is 2.26. The minimum absolute atomic E-state index is 0.0420. The van der Waals surface area contributed by atoms with Gasteiger partial charge in [-0.25, -0.2) is 0 Å². The molecule has 5 nitrogen and oxygen atoms in total. The van der Waals surface area contributed by atoms with Crippen molar-refractivity contribution in [3.8, 4) is 0 Å². The molecule has 1 amide bonds. The van der Waals surface area contributed by atoms with Gasteiger partial charge in [-0.2, -0.15) is 0 Å². The van der Waals surface area contributed by atoms with Crippen LogP contribution in [0.15, 0.2) is 18.2 Å². The Balaban J connectivity index is 3.25. The van der Waals surface area contributed by atoms with Crippen molar-refractivity contribution in [3.05, 3.63) is 38.9 Å². The van der Waals surface area contributed by atoms with Crippen LogP contribution < -0.4 is 0 Å². The Bertz CT molecular complexity index is 521. The molecule has 21 heavy (non-hydrogen) atoms. The molecule has 0 aliphatic heterocycles. The van der Waals surface area contributed by atoms with Gasteiger partial charge >= 0.3 is 0 Å². The summed E-state index contributed by atoms with van der Waals surface area (Å²) in [7, 11) is 0. The predicted octanol–water partition coefficient (Wildman–Crippen LogP) is 4.27. The Morgan fingerprint density at radius 2 is 2.05 bits per heavy atom. The number of nitrogens with zero attached hydrogens (tertiary/aromatic N) is 2. The molecule has 0 saturated heterocycles. The van der Waals surface area contributed by atoms with Gasteiger partial charge in [0.05, 0.1) is 4.92 Å². The zero-order chi connectivity index (χ0) is 16.0. The zero-order valence-electron chi connectivity index (χ0n) is 12.0. The van der Waals surface area contributed by atoms with Gasteiger partial charge in [0.2, 0.25) is 0 Å². The van der Waals surface area contributed by atoms with Crippen LogP contribution in [-0.2, 0) is 0 Å². The van der Waals surface area contributed by atoms with E-state index in [1.54, 1.807) is 4.90 Å². The lowest BCUT2D eigenvalue weighted by molar-refractivity contribution is -0.385. The molecule has 0 unspecified atom stereocenters. The molecular formula is C14H18BrClN2O3. The first-order valence-electron chi connectivity index (χ1n) is 6.77. The van der Waals surface area contributed by atoms with Gasteiger partial charge in [0.15, 0.2) is 0 Å². The summed E-state index contributed by atoms with van der Waals surface area (Å²) in [6.45, 7) is 4.49. The van der Waals surface area contributed by atoms with Crippen molar-refractivity contribution in [1.29, 1.82) is 0 Å². The number of amides is 1. The smallest absolute Gasteiger partial charge is 0.282 e. The number of hydrogen-bond donors (Lipinski definition) is 0. The van der Waals surface area contributed by atoms with Crippen molar-refractivity contribution in [1.82, 2.24) is 4.90 Å². The predicted molar refractivity (Wildman–Crippen MR) is 87.3 cm³/mol. The second-order valence-electron chi connectivity index (χ2n) is 4.58. The summed E-state index contributed by atoms with van der Waals surface area (Å²) in [5.41, 5.74) is -0.171. The Hall–Kier alpha value is -1.14. The summed E-state index contributed by atoms with van der Waals surface area (Å²) in [5, 5.41) is 12.0. The van der Waals surface area contributed by atoms with Gasteiger partial charge in [0.25, 0.3) is 11.6 Å². The number of carbonyl (C=O) groups excluding carboxylic acids is 1. The van der Waals surface area contributed by atoms with Crippen LogP contribution in [0.3, 0.4) is 0 Å². The summed E-state index contributed by atoms with van der Waals surface area (Å²) >= 11 is 9.22. The van der Waals surface area contributed by atoms with Crippen molar-refractivity contribution in [2.45, 2.75) is 32.7 Å². The minimum atomic E-state index is -0.553. The number of hydrogen-bond acceptors (Lipinski definition) is 3. The molecule has 0 aliphatic rings. The Morgan fingerprint density at radius 3 is 2.52 bits per heavy atom. The lowest BCUT2D eigenvalue weighted by Gasteiger charge is -2.30. The molecule has 0 bridgehead atoms. The summed E-state index contributed by atoms with van der Waals surface area (Å²) < 4.78 is 0. The van der Waals surface area contributed by atoms with Crippen LogP contribution in [-0.4, -0.2) is 33.6 Å². The number of halogens is 2.